The molecule has 2 heterocycles. The summed E-state index contributed by atoms with van der Waals surface area (Å²) >= 11 is 0. The lowest BCUT2D eigenvalue weighted by Crippen LogP contribution is -2.50. The highest BCUT2D eigenvalue weighted by Gasteiger charge is 2.32. The molecule has 7 heteroatoms. The number of hydrogen-bond donors (Lipinski definition) is 2. The largest absolute Gasteiger partial charge is 0.355 e. The van der Waals surface area contributed by atoms with E-state index in [9.17, 15) is 4.79 Å². The number of likely N-dealkylation sites (tertiary alicyclic amines) is 2. The summed E-state index contributed by atoms with van der Waals surface area (Å²) in [6, 6.07) is 0.882. The second-order valence-electron chi connectivity index (χ2n) is 9.73. The summed E-state index contributed by atoms with van der Waals surface area (Å²) in [5, 5.41) is 7.16. The quantitative estimate of drug-likeness (QED) is 0.299. The van der Waals surface area contributed by atoms with Gasteiger partial charge in [0.1, 0.15) is 0 Å². The lowest BCUT2D eigenvalue weighted by atomic mass is 9.88. The number of nitrogens with one attached hydrogen (secondary N) is 2. The van der Waals surface area contributed by atoms with Gasteiger partial charge in [-0.05, 0) is 57.5 Å². The molecule has 3 rings (SSSR count). The van der Waals surface area contributed by atoms with Crippen LogP contribution in [0.3, 0.4) is 0 Å². The first-order valence-corrected chi connectivity index (χ1v) is 12.1. The van der Waals surface area contributed by atoms with Gasteiger partial charge in [0.15, 0.2) is 5.96 Å². The molecule has 3 aliphatic rings. The van der Waals surface area contributed by atoms with Crippen LogP contribution in [0.5, 0.6) is 0 Å². The summed E-state index contributed by atoms with van der Waals surface area (Å²) in [7, 11) is 1.85. The highest BCUT2D eigenvalue weighted by molar-refractivity contribution is 14.0. The Balaban J connectivity index is 0.00000320. The van der Waals surface area contributed by atoms with Gasteiger partial charge >= 0.3 is 0 Å². The number of carbonyl (C=O) groups excluding carboxylic acids is 1. The van der Waals surface area contributed by atoms with E-state index >= 15 is 0 Å². The average Bonchev–Trinajstić information content (AvgIpc) is 3.42. The van der Waals surface area contributed by atoms with Crippen LogP contribution in [0, 0.1) is 11.8 Å². The molecule has 2 saturated heterocycles. The zero-order chi connectivity index (χ0) is 20.6. The first-order valence-electron chi connectivity index (χ1n) is 12.1. The van der Waals surface area contributed by atoms with E-state index < -0.39 is 0 Å². The predicted octanol–water partition coefficient (Wildman–Crippen LogP) is 3.46. The SMILES string of the molecule is CN=C(NCC(CC(C)C)N1CCCC1)NC1CCN(C(=O)C2CCCCC2)C1.I. The summed E-state index contributed by atoms with van der Waals surface area (Å²) in [5.74, 6) is 2.25. The Morgan fingerprint density at radius 3 is 2.37 bits per heavy atom. The third kappa shape index (κ3) is 7.53. The van der Waals surface area contributed by atoms with Crippen molar-refractivity contribution in [1.82, 2.24) is 20.4 Å². The summed E-state index contributed by atoms with van der Waals surface area (Å²) in [6.07, 6.45) is 10.8. The van der Waals surface area contributed by atoms with Crippen molar-refractivity contribution < 1.29 is 4.79 Å². The predicted molar refractivity (Wildman–Crippen MR) is 136 cm³/mol. The second-order valence-corrected chi connectivity index (χ2v) is 9.73. The van der Waals surface area contributed by atoms with Crippen molar-refractivity contribution in [3.63, 3.8) is 0 Å². The lowest BCUT2D eigenvalue weighted by Gasteiger charge is -2.30. The Bertz CT molecular complexity index is 544. The van der Waals surface area contributed by atoms with Crippen molar-refractivity contribution in [3.8, 4) is 0 Å². The molecule has 0 spiro atoms. The van der Waals surface area contributed by atoms with E-state index in [0.29, 0.717) is 23.9 Å². The Labute approximate surface area is 201 Å². The topological polar surface area (TPSA) is 60.0 Å². The third-order valence-electron chi connectivity index (χ3n) is 6.92. The monoisotopic (exact) mass is 533 g/mol. The smallest absolute Gasteiger partial charge is 0.225 e. The molecule has 0 bridgehead atoms. The Hall–Kier alpha value is -0.570. The minimum Gasteiger partial charge on any atom is -0.355 e. The van der Waals surface area contributed by atoms with Crippen LogP contribution in [0.25, 0.3) is 0 Å². The van der Waals surface area contributed by atoms with Crippen molar-refractivity contribution >= 4 is 35.8 Å². The van der Waals surface area contributed by atoms with Crippen LogP contribution in [-0.2, 0) is 4.79 Å². The molecule has 174 valence electrons. The van der Waals surface area contributed by atoms with Crippen molar-refractivity contribution in [1.29, 1.82) is 0 Å². The summed E-state index contributed by atoms with van der Waals surface area (Å²) in [4.78, 5) is 22.0. The van der Waals surface area contributed by atoms with E-state index in [0.717, 1.165) is 44.9 Å². The van der Waals surface area contributed by atoms with Crippen LogP contribution < -0.4 is 10.6 Å². The van der Waals surface area contributed by atoms with Crippen LogP contribution in [0.2, 0.25) is 0 Å². The van der Waals surface area contributed by atoms with E-state index in [2.05, 4.69) is 39.3 Å². The number of rotatable bonds is 7. The van der Waals surface area contributed by atoms with Crippen LogP contribution in [0.4, 0.5) is 0 Å². The van der Waals surface area contributed by atoms with Crippen LogP contribution >= 0.6 is 24.0 Å². The number of amides is 1. The molecule has 6 nitrogen and oxygen atoms in total. The van der Waals surface area contributed by atoms with E-state index in [4.69, 9.17) is 0 Å². The molecule has 1 saturated carbocycles. The first-order chi connectivity index (χ1) is 14.1. The molecule has 0 aromatic carbocycles. The highest BCUT2D eigenvalue weighted by Crippen LogP contribution is 2.26. The van der Waals surface area contributed by atoms with Gasteiger partial charge in [-0.25, -0.2) is 0 Å². The second kappa shape index (κ2) is 13.1. The van der Waals surface area contributed by atoms with Gasteiger partial charge in [-0.3, -0.25) is 14.7 Å². The van der Waals surface area contributed by atoms with Crippen LogP contribution in [0.1, 0.15) is 71.6 Å². The lowest BCUT2D eigenvalue weighted by molar-refractivity contribution is -0.135. The molecule has 1 aliphatic carbocycles. The molecular formula is C23H44IN5O. The molecule has 3 fully saturated rings. The number of guanidine groups is 1. The third-order valence-corrected chi connectivity index (χ3v) is 6.92. The van der Waals surface area contributed by atoms with E-state index in [1.165, 1.54) is 51.6 Å². The van der Waals surface area contributed by atoms with Gasteiger partial charge < -0.3 is 15.5 Å². The highest BCUT2D eigenvalue weighted by atomic mass is 127. The summed E-state index contributed by atoms with van der Waals surface area (Å²) < 4.78 is 0. The fourth-order valence-corrected chi connectivity index (χ4v) is 5.30. The van der Waals surface area contributed by atoms with Crippen molar-refractivity contribution in [2.24, 2.45) is 16.8 Å². The number of halogens is 1. The molecule has 0 aromatic heterocycles. The summed E-state index contributed by atoms with van der Waals surface area (Å²) in [6.45, 7) is 9.72. The van der Waals surface area contributed by atoms with Gasteiger partial charge in [0.25, 0.3) is 0 Å². The van der Waals surface area contributed by atoms with Crippen molar-refractivity contribution in [2.75, 3.05) is 39.8 Å². The fourth-order valence-electron chi connectivity index (χ4n) is 5.30. The fraction of sp³-hybridized carbons (Fsp3) is 0.913. The minimum atomic E-state index is 0. The number of aliphatic imine (C=N–C) groups is 1. The van der Waals surface area contributed by atoms with Gasteiger partial charge in [0, 0.05) is 44.7 Å². The van der Waals surface area contributed by atoms with E-state index in [1.54, 1.807) is 0 Å². The first kappa shape index (κ1) is 25.7. The van der Waals surface area contributed by atoms with Crippen LogP contribution in [0.15, 0.2) is 4.99 Å². The Morgan fingerprint density at radius 1 is 1.03 bits per heavy atom. The van der Waals surface area contributed by atoms with Crippen molar-refractivity contribution in [3.05, 3.63) is 0 Å². The van der Waals surface area contributed by atoms with Crippen LogP contribution in [-0.4, -0.2) is 73.5 Å². The molecule has 2 N–H and O–H groups in total. The van der Waals surface area contributed by atoms with Gasteiger partial charge in [0.05, 0.1) is 0 Å². The normalized spacial score (nSPS) is 24.7. The van der Waals surface area contributed by atoms with Gasteiger partial charge in [-0.2, -0.15) is 0 Å². The Kier molecular flexibility index (Phi) is 11.2. The molecule has 2 aliphatic heterocycles. The maximum Gasteiger partial charge on any atom is 0.225 e. The maximum atomic E-state index is 12.8. The molecular weight excluding hydrogens is 489 g/mol. The number of nitrogens with zero attached hydrogens (tertiary/aromatic N) is 3. The minimum absolute atomic E-state index is 0. The zero-order valence-corrected chi connectivity index (χ0v) is 21.7. The molecule has 0 aromatic rings. The molecule has 2 unspecified atom stereocenters. The Morgan fingerprint density at radius 2 is 1.73 bits per heavy atom. The zero-order valence-electron chi connectivity index (χ0n) is 19.4. The standard InChI is InChI=1S/C23H43N5O.HI/c1-18(2)15-21(27-12-7-8-13-27)16-25-23(24-3)26-20-11-14-28(17-20)22(29)19-9-5-4-6-10-19;/h18-21H,4-17H2,1-3H3,(H2,24,25,26);1H. The molecule has 1 amide bonds. The van der Waals surface area contributed by atoms with E-state index in [-0.39, 0.29) is 29.9 Å². The molecule has 0 radical (unpaired) electrons. The molecule has 2 atom stereocenters. The average molecular weight is 534 g/mol. The van der Waals surface area contributed by atoms with Gasteiger partial charge in [0.2, 0.25) is 5.91 Å². The van der Waals surface area contributed by atoms with E-state index in [1.807, 2.05) is 7.05 Å². The number of hydrogen-bond acceptors (Lipinski definition) is 3. The number of carbonyl (C=O) groups is 1. The maximum absolute atomic E-state index is 12.8. The van der Waals surface area contributed by atoms with Gasteiger partial charge in [-0.15, -0.1) is 24.0 Å². The van der Waals surface area contributed by atoms with Crippen molar-refractivity contribution in [2.45, 2.75) is 83.7 Å². The van der Waals surface area contributed by atoms with Gasteiger partial charge in [-0.1, -0.05) is 33.1 Å². The summed E-state index contributed by atoms with van der Waals surface area (Å²) in [5.41, 5.74) is 0. The molecule has 30 heavy (non-hydrogen) atoms.